The van der Waals surface area contributed by atoms with E-state index >= 15 is 0 Å². The maximum absolute atomic E-state index is 13.5. The third-order valence-electron chi connectivity index (χ3n) is 6.85. The number of hydrogen-bond acceptors (Lipinski definition) is 6. The summed E-state index contributed by atoms with van der Waals surface area (Å²) in [5.41, 5.74) is 6.03. The molecule has 4 rings (SSSR count). The third-order valence-corrected chi connectivity index (χ3v) is 7.83. The van der Waals surface area contributed by atoms with Crippen LogP contribution in [0.2, 0.25) is 0 Å². The fourth-order valence-corrected chi connectivity index (χ4v) is 5.72. The second-order valence-electron chi connectivity index (χ2n) is 9.15. The van der Waals surface area contributed by atoms with E-state index < -0.39 is 24.6 Å². The predicted octanol–water partition coefficient (Wildman–Crippen LogP) is 2.99. The molecule has 2 N–H and O–H groups in total. The first-order valence-corrected chi connectivity index (χ1v) is 13.2. The maximum atomic E-state index is 13.5. The highest BCUT2D eigenvalue weighted by atomic mass is 32.1. The first kappa shape index (κ1) is 26.5. The first-order valence-electron chi connectivity index (χ1n) is 12.4. The van der Waals surface area contributed by atoms with Gasteiger partial charge in [-0.2, -0.15) is 0 Å². The summed E-state index contributed by atoms with van der Waals surface area (Å²) in [5.74, 6) is -0.993. The zero-order valence-electron chi connectivity index (χ0n) is 21.1. The van der Waals surface area contributed by atoms with Crippen molar-refractivity contribution < 1.29 is 19.5 Å². The van der Waals surface area contributed by atoms with Gasteiger partial charge in [-0.15, -0.1) is 11.3 Å². The summed E-state index contributed by atoms with van der Waals surface area (Å²) < 4.78 is 0. The van der Waals surface area contributed by atoms with Crippen molar-refractivity contribution in [3.8, 4) is 10.4 Å². The van der Waals surface area contributed by atoms with E-state index in [0.29, 0.717) is 31.5 Å². The van der Waals surface area contributed by atoms with Gasteiger partial charge in [-0.3, -0.25) is 14.4 Å². The molecule has 3 amide bonds. The average Bonchev–Trinajstić information content (AvgIpc) is 3.63. The van der Waals surface area contributed by atoms with E-state index in [9.17, 15) is 19.5 Å². The molecule has 2 aromatic rings. The second kappa shape index (κ2) is 11.7. The summed E-state index contributed by atoms with van der Waals surface area (Å²) in [5, 5.41) is 13.0. The van der Waals surface area contributed by atoms with Gasteiger partial charge in [0.25, 0.3) is 5.91 Å². The average molecular weight is 521 g/mol. The van der Waals surface area contributed by atoms with Gasteiger partial charge in [-0.05, 0) is 43.4 Å². The largest absolute Gasteiger partial charge is 0.394 e. The molecule has 2 aliphatic heterocycles. The summed E-state index contributed by atoms with van der Waals surface area (Å²) in [6, 6.07) is 6.28. The number of aryl methyl sites for hydroxylation is 1. The Hall–Kier alpha value is -3.56. The summed E-state index contributed by atoms with van der Waals surface area (Å²) in [4.78, 5) is 47.8. The molecular weight excluding hydrogens is 488 g/mol. The van der Waals surface area contributed by atoms with Crippen molar-refractivity contribution in [1.82, 2.24) is 20.1 Å². The van der Waals surface area contributed by atoms with Crippen molar-refractivity contribution in [2.75, 3.05) is 19.7 Å². The molecule has 2 atom stereocenters. The first-order chi connectivity index (χ1) is 17.9. The molecule has 9 heteroatoms. The standard InChI is InChI=1S/C28H32N4O4S/c1-4-7-21-15-32(27(35)22(21)5-2)24(16-33)28(36)31-13-6-8-23(31)26(34)29-14-19-9-11-20(12-10-19)25-18(3)30-17-37-25/h4-5,7,9-12,17,23-24,33H,2,6,8,13-16H2,1,3H3,(H,29,34)/b7-4-. The van der Waals surface area contributed by atoms with Gasteiger partial charge in [-0.25, -0.2) is 4.98 Å². The number of likely N-dealkylation sites (tertiary alicyclic amines) is 1. The number of aromatic nitrogens is 1. The SMILES string of the molecule is C=CC1=C(/C=C\C)CN(C(CO)C(=O)N2CCCC2C(=O)NCc2ccc(-c3scnc3C)cc2)C1=O. The number of hydrogen-bond donors (Lipinski definition) is 2. The molecule has 1 fully saturated rings. The predicted molar refractivity (Wildman–Crippen MR) is 143 cm³/mol. The number of benzene rings is 1. The lowest BCUT2D eigenvalue weighted by molar-refractivity contribution is -0.147. The number of carbonyl (C=O) groups is 3. The molecule has 0 aliphatic carbocycles. The molecule has 37 heavy (non-hydrogen) atoms. The molecule has 0 spiro atoms. The smallest absolute Gasteiger partial charge is 0.255 e. The molecule has 2 aliphatic rings. The van der Waals surface area contributed by atoms with E-state index in [2.05, 4.69) is 16.9 Å². The Morgan fingerprint density at radius 1 is 1.32 bits per heavy atom. The summed E-state index contributed by atoms with van der Waals surface area (Å²) in [6.07, 6.45) is 6.32. The van der Waals surface area contributed by atoms with E-state index in [1.165, 1.54) is 15.9 Å². The molecule has 1 saturated heterocycles. The minimum atomic E-state index is -1.05. The van der Waals surface area contributed by atoms with Gasteiger partial charge >= 0.3 is 0 Å². The van der Waals surface area contributed by atoms with Gasteiger partial charge in [0.1, 0.15) is 12.1 Å². The van der Waals surface area contributed by atoms with Crippen LogP contribution in [-0.2, 0) is 20.9 Å². The molecule has 1 aromatic carbocycles. The van der Waals surface area contributed by atoms with Crippen LogP contribution in [0.15, 0.2) is 65.7 Å². The number of thiazole rings is 1. The molecule has 0 radical (unpaired) electrons. The van der Waals surface area contributed by atoms with Crippen LogP contribution in [0, 0.1) is 6.92 Å². The highest BCUT2D eigenvalue weighted by molar-refractivity contribution is 7.13. The number of carbonyl (C=O) groups excluding carboxylic acids is 3. The number of amides is 3. The molecule has 0 bridgehead atoms. The van der Waals surface area contributed by atoms with Crippen molar-refractivity contribution in [2.24, 2.45) is 0 Å². The van der Waals surface area contributed by atoms with Crippen LogP contribution in [-0.4, -0.2) is 69.4 Å². The maximum Gasteiger partial charge on any atom is 0.255 e. The molecule has 0 saturated carbocycles. The van der Waals surface area contributed by atoms with Crippen molar-refractivity contribution in [1.29, 1.82) is 0 Å². The van der Waals surface area contributed by atoms with Crippen LogP contribution < -0.4 is 5.32 Å². The van der Waals surface area contributed by atoms with Crippen molar-refractivity contribution in [3.05, 3.63) is 77.0 Å². The minimum absolute atomic E-state index is 0.212. The Kier molecular flexibility index (Phi) is 8.35. The fourth-order valence-electron chi connectivity index (χ4n) is 4.91. The lowest BCUT2D eigenvalue weighted by Gasteiger charge is -2.32. The number of aliphatic hydroxyl groups is 1. The second-order valence-corrected chi connectivity index (χ2v) is 10.0. The number of nitrogens with one attached hydrogen (secondary N) is 1. The van der Waals surface area contributed by atoms with Gasteiger partial charge in [-0.1, -0.05) is 49.1 Å². The molecular formula is C28H32N4O4S. The lowest BCUT2D eigenvalue weighted by Crippen LogP contribution is -2.55. The molecule has 194 valence electrons. The normalized spacial score (nSPS) is 18.7. The van der Waals surface area contributed by atoms with E-state index in [1.54, 1.807) is 11.3 Å². The summed E-state index contributed by atoms with van der Waals surface area (Å²) in [7, 11) is 0. The van der Waals surface area contributed by atoms with Crippen molar-refractivity contribution in [2.45, 2.75) is 45.3 Å². The Morgan fingerprint density at radius 3 is 2.70 bits per heavy atom. The topological polar surface area (TPSA) is 103 Å². The third kappa shape index (κ3) is 5.42. The van der Waals surface area contributed by atoms with Crippen LogP contribution in [0.1, 0.15) is 31.0 Å². The van der Waals surface area contributed by atoms with Crippen LogP contribution in [0.3, 0.4) is 0 Å². The van der Waals surface area contributed by atoms with Crippen molar-refractivity contribution in [3.63, 3.8) is 0 Å². The van der Waals surface area contributed by atoms with Gasteiger partial charge in [0.05, 0.1) is 22.7 Å². The van der Waals surface area contributed by atoms with E-state index in [-0.39, 0.29) is 18.4 Å². The van der Waals surface area contributed by atoms with Crippen LogP contribution in [0.25, 0.3) is 10.4 Å². The number of aliphatic hydroxyl groups excluding tert-OH is 1. The monoisotopic (exact) mass is 520 g/mol. The van der Waals surface area contributed by atoms with Crippen LogP contribution >= 0.6 is 11.3 Å². The highest BCUT2D eigenvalue weighted by Crippen LogP contribution is 2.28. The molecule has 2 unspecified atom stereocenters. The van der Waals surface area contributed by atoms with E-state index in [1.807, 2.05) is 55.8 Å². The summed E-state index contributed by atoms with van der Waals surface area (Å²) >= 11 is 1.59. The van der Waals surface area contributed by atoms with Gasteiger partial charge in [0, 0.05) is 25.2 Å². The quantitative estimate of drug-likeness (QED) is 0.529. The van der Waals surface area contributed by atoms with Crippen LogP contribution in [0.5, 0.6) is 0 Å². The Morgan fingerprint density at radius 2 is 2.08 bits per heavy atom. The van der Waals surface area contributed by atoms with Gasteiger partial charge in [0.15, 0.2) is 0 Å². The minimum Gasteiger partial charge on any atom is -0.394 e. The zero-order valence-corrected chi connectivity index (χ0v) is 22.0. The Balaban J connectivity index is 1.40. The lowest BCUT2D eigenvalue weighted by atomic mass is 10.1. The summed E-state index contributed by atoms with van der Waals surface area (Å²) in [6.45, 7) is 7.98. The fraction of sp³-hybridized carbons (Fsp3) is 0.357. The molecule has 3 heterocycles. The number of allylic oxidation sites excluding steroid dienone is 1. The van der Waals surface area contributed by atoms with Gasteiger partial charge < -0.3 is 20.2 Å². The number of rotatable bonds is 9. The zero-order chi connectivity index (χ0) is 26.5. The molecule has 8 nitrogen and oxygen atoms in total. The van der Waals surface area contributed by atoms with E-state index in [0.717, 1.165) is 27.3 Å². The van der Waals surface area contributed by atoms with Crippen LogP contribution in [0.4, 0.5) is 0 Å². The Bertz CT molecular complexity index is 1250. The number of nitrogens with zero attached hydrogens (tertiary/aromatic N) is 3. The highest BCUT2D eigenvalue weighted by Gasteiger charge is 2.42. The van der Waals surface area contributed by atoms with Gasteiger partial charge in [0.2, 0.25) is 11.8 Å². The van der Waals surface area contributed by atoms with Crippen molar-refractivity contribution >= 4 is 29.1 Å². The molecule has 1 aromatic heterocycles. The van der Waals surface area contributed by atoms with E-state index in [4.69, 9.17) is 0 Å². The Labute approximate surface area is 221 Å².